The summed E-state index contributed by atoms with van der Waals surface area (Å²) in [5.41, 5.74) is 1.38. The molecule has 0 aromatic heterocycles. The van der Waals surface area contributed by atoms with E-state index in [1.54, 1.807) is 31.2 Å². The van der Waals surface area contributed by atoms with Crippen molar-refractivity contribution in [2.24, 2.45) is 0 Å². The molecule has 0 bridgehead atoms. The summed E-state index contributed by atoms with van der Waals surface area (Å²) in [6.45, 7) is 2.11. The molecule has 15 heavy (non-hydrogen) atoms. The minimum atomic E-state index is -0.381. The maximum absolute atomic E-state index is 11.0. The minimum Gasteiger partial charge on any atom is -0.463 e. The Balaban J connectivity index is 2.71. The van der Waals surface area contributed by atoms with Crippen LogP contribution in [0.4, 0.5) is 0 Å². The Morgan fingerprint density at radius 2 is 2.13 bits per heavy atom. The van der Waals surface area contributed by atoms with Crippen LogP contribution in [-0.4, -0.2) is 18.9 Å². The van der Waals surface area contributed by atoms with E-state index in [-0.39, 0.29) is 5.97 Å². The first-order valence-electron chi connectivity index (χ1n) is 4.66. The summed E-state index contributed by atoms with van der Waals surface area (Å²) in [7, 11) is 0. The molecule has 0 saturated heterocycles. The monoisotopic (exact) mass is 204 g/mol. The lowest BCUT2D eigenvalue weighted by Crippen LogP contribution is -1.98. The van der Waals surface area contributed by atoms with E-state index in [2.05, 4.69) is 0 Å². The van der Waals surface area contributed by atoms with Gasteiger partial charge in [-0.05, 0) is 24.6 Å². The van der Waals surface area contributed by atoms with Crippen molar-refractivity contribution in [3.05, 3.63) is 41.5 Å². The summed E-state index contributed by atoms with van der Waals surface area (Å²) in [5, 5.41) is 0. The Kier molecular flexibility index (Phi) is 4.29. The van der Waals surface area contributed by atoms with Crippen molar-refractivity contribution in [3.8, 4) is 0 Å². The van der Waals surface area contributed by atoms with Gasteiger partial charge < -0.3 is 4.74 Å². The van der Waals surface area contributed by atoms with E-state index in [0.717, 1.165) is 11.8 Å². The molecule has 78 valence electrons. The second-order valence-electron chi connectivity index (χ2n) is 2.87. The summed E-state index contributed by atoms with van der Waals surface area (Å²) in [6, 6.07) is 6.97. The van der Waals surface area contributed by atoms with Crippen LogP contribution < -0.4 is 0 Å². The van der Waals surface area contributed by atoms with Crippen molar-refractivity contribution in [1.29, 1.82) is 0 Å². The molecule has 1 rings (SSSR count). The van der Waals surface area contributed by atoms with Gasteiger partial charge in [0.2, 0.25) is 0 Å². The van der Waals surface area contributed by atoms with Gasteiger partial charge in [-0.25, -0.2) is 4.79 Å². The summed E-state index contributed by atoms with van der Waals surface area (Å²) >= 11 is 0. The van der Waals surface area contributed by atoms with E-state index in [4.69, 9.17) is 4.74 Å². The molecule has 0 spiro atoms. The number of hydrogen-bond donors (Lipinski definition) is 0. The third-order valence-electron chi connectivity index (χ3n) is 1.75. The molecule has 3 heteroatoms. The van der Waals surface area contributed by atoms with Crippen molar-refractivity contribution in [2.45, 2.75) is 6.92 Å². The third-order valence-corrected chi connectivity index (χ3v) is 1.75. The van der Waals surface area contributed by atoms with Gasteiger partial charge >= 0.3 is 5.97 Å². The molecule has 0 heterocycles. The molecule has 0 saturated carbocycles. The highest BCUT2D eigenvalue weighted by molar-refractivity contribution is 5.87. The number of esters is 1. The molecule has 0 atom stereocenters. The van der Waals surface area contributed by atoms with Crippen molar-refractivity contribution in [1.82, 2.24) is 0 Å². The molecule has 0 fully saturated rings. The maximum Gasteiger partial charge on any atom is 0.330 e. The van der Waals surface area contributed by atoms with E-state index in [9.17, 15) is 9.59 Å². The van der Waals surface area contributed by atoms with Crippen molar-refractivity contribution < 1.29 is 14.3 Å². The molecular weight excluding hydrogens is 192 g/mol. The zero-order valence-corrected chi connectivity index (χ0v) is 8.47. The maximum atomic E-state index is 11.0. The number of ether oxygens (including phenoxy) is 1. The average molecular weight is 204 g/mol. The number of carbonyl (C=O) groups excluding carboxylic acids is 2. The topological polar surface area (TPSA) is 43.4 Å². The van der Waals surface area contributed by atoms with Crippen molar-refractivity contribution in [2.75, 3.05) is 6.61 Å². The number of carbonyl (C=O) groups is 2. The fraction of sp³-hybridized carbons (Fsp3) is 0.167. The van der Waals surface area contributed by atoms with Crippen LogP contribution in [0, 0.1) is 0 Å². The molecule has 0 N–H and O–H groups in total. The van der Waals surface area contributed by atoms with Gasteiger partial charge in [-0.2, -0.15) is 0 Å². The first-order valence-corrected chi connectivity index (χ1v) is 4.66. The summed E-state index contributed by atoms with van der Waals surface area (Å²) in [6.07, 6.45) is 3.72. The van der Waals surface area contributed by atoms with Gasteiger partial charge in [0, 0.05) is 11.6 Å². The largest absolute Gasteiger partial charge is 0.463 e. The lowest BCUT2D eigenvalue weighted by atomic mass is 10.1. The lowest BCUT2D eigenvalue weighted by Gasteiger charge is -1.96. The Bertz CT molecular complexity index is 380. The van der Waals surface area contributed by atoms with Crippen molar-refractivity contribution in [3.63, 3.8) is 0 Å². The first kappa shape index (κ1) is 11.2. The van der Waals surface area contributed by atoms with E-state index in [0.29, 0.717) is 12.2 Å². The standard InChI is InChI=1S/C12H12O3/c1-2-15-12(14)7-6-10-4-3-5-11(8-10)9-13/h3-9H,2H2,1H3. The summed E-state index contributed by atoms with van der Waals surface area (Å²) in [4.78, 5) is 21.5. The van der Waals surface area contributed by atoms with Gasteiger partial charge in [0.05, 0.1) is 6.61 Å². The van der Waals surface area contributed by atoms with E-state index >= 15 is 0 Å². The quantitative estimate of drug-likeness (QED) is 0.428. The minimum absolute atomic E-state index is 0.359. The lowest BCUT2D eigenvalue weighted by molar-refractivity contribution is -0.137. The molecular formula is C12H12O3. The molecule has 1 aromatic carbocycles. The van der Waals surface area contributed by atoms with E-state index in [1.807, 2.05) is 6.07 Å². The SMILES string of the molecule is CCOC(=O)C=Cc1cccc(C=O)c1. The van der Waals surface area contributed by atoms with Crippen LogP contribution >= 0.6 is 0 Å². The number of hydrogen-bond acceptors (Lipinski definition) is 3. The Morgan fingerprint density at radius 3 is 2.80 bits per heavy atom. The number of rotatable bonds is 4. The normalized spacial score (nSPS) is 10.2. The Hall–Kier alpha value is -1.90. The van der Waals surface area contributed by atoms with Gasteiger partial charge in [0.25, 0.3) is 0 Å². The Labute approximate surface area is 88.4 Å². The molecule has 0 aliphatic carbocycles. The van der Waals surface area contributed by atoms with Crippen LogP contribution in [0.25, 0.3) is 6.08 Å². The number of benzene rings is 1. The highest BCUT2D eigenvalue weighted by Gasteiger charge is 1.94. The average Bonchev–Trinajstić information content (AvgIpc) is 2.27. The molecule has 1 aromatic rings. The smallest absolute Gasteiger partial charge is 0.330 e. The van der Waals surface area contributed by atoms with Crippen LogP contribution in [0.2, 0.25) is 0 Å². The molecule has 0 amide bonds. The van der Waals surface area contributed by atoms with Crippen LogP contribution in [-0.2, 0) is 9.53 Å². The molecule has 0 unspecified atom stereocenters. The second-order valence-corrected chi connectivity index (χ2v) is 2.87. The molecule has 3 nitrogen and oxygen atoms in total. The van der Waals surface area contributed by atoms with Crippen LogP contribution in [0.3, 0.4) is 0 Å². The predicted octanol–water partition coefficient (Wildman–Crippen LogP) is 2.08. The number of aldehydes is 1. The fourth-order valence-corrected chi connectivity index (χ4v) is 1.09. The third kappa shape index (κ3) is 3.77. The van der Waals surface area contributed by atoms with E-state index < -0.39 is 0 Å². The fourth-order valence-electron chi connectivity index (χ4n) is 1.09. The first-order chi connectivity index (χ1) is 7.26. The zero-order valence-electron chi connectivity index (χ0n) is 8.47. The van der Waals surface area contributed by atoms with Crippen LogP contribution in [0.1, 0.15) is 22.8 Å². The molecule has 0 radical (unpaired) electrons. The van der Waals surface area contributed by atoms with Gasteiger partial charge in [-0.3, -0.25) is 4.79 Å². The highest BCUT2D eigenvalue weighted by Crippen LogP contribution is 2.05. The molecule has 0 aliphatic rings. The Morgan fingerprint density at radius 1 is 1.40 bits per heavy atom. The highest BCUT2D eigenvalue weighted by atomic mass is 16.5. The van der Waals surface area contributed by atoms with Gasteiger partial charge in [0.15, 0.2) is 0 Å². The second kappa shape index (κ2) is 5.75. The summed E-state index contributed by atoms with van der Waals surface area (Å²) in [5.74, 6) is -0.381. The van der Waals surface area contributed by atoms with E-state index in [1.165, 1.54) is 6.08 Å². The van der Waals surface area contributed by atoms with Crippen molar-refractivity contribution >= 4 is 18.3 Å². The summed E-state index contributed by atoms with van der Waals surface area (Å²) < 4.78 is 4.72. The predicted molar refractivity (Wildman–Crippen MR) is 57.5 cm³/mol. The zero-order chi connectivity index (χ0) is 11.1. The molecule has 0 aliphatic heterocycles. The van der Waals surface area contributed by atoms with Gasteiger partial charge in [-0.1, -0.05) is 18.2 Å². The van der Waals surface area contributed by atoms with Crippen LogP contribution in [0.15, 0.2) is 30.3 Å². The van der Waals surface area contributed by atoms with Gasteiger partial charge in [-0.15, -0.1) is 0 Å². The van der Waals surface area contributed by atoms with Crippen LogP contribution in [0.5, 0.6) is 0 Å². The van der Waals surface area contributed by atoms with Gasteiger partial charge in [0.1, 0.15) is 6.29 Å².